The number of amides is 2. The molecule has 1 aromatic heterocycles. The van der Waals surface area contributed by atoms with Crippen molar-refractivity contribution >= 4 is 60.1 Å². The second-order valence-electron chi connectivity index (χ2n) is 11.0. The number of anilines is 1. The molecule has 2 N–H and O–H groups in total. The molecule has 9 nitrogen and oxygen atoms in total. The van der Waals surface area contributed by atoms with Gasteiger partial charge in [0, 0.05) is 42.3 Å². The first-order valence-corrected chi connectivity index (χ1v) is 17.4. The van der Waals surface area contributed by atoms with Gasteiger partial charge in [0.25, 0.3) is 0 Å². The summed E-state index contributed by atoms with van der Waals surface area (Å²) >= 11 is 12.5. The Bertz CT molecular complexity index is 1310. The molecule has 2 amide bonds. The maximum atomic E-state index is 13.1. The van der Waals surface area contributed by atoms with Gasteiger partial charge in [-0.1, -0.05) is 42.8 Å². The third-order valence-electron chi connectivity index (χ3n) is 6.69. The number of nitrogens with zero attached hydrogens (tertiary/aromatic N) is 3. The Morgan fingerprint density at radius 3 is 2.59 bits per heavy atom. The van der Waals surface area contributed by atoms with E-state index in [-0.39, 0.29) is 0 Å². The zero-order chi connectivity index (χ0) is 28.2. The minimum atomic E-state index is -1.17. The summed E-state index contributed by atoms with van der Waals surface area (Å²) in [4.78, 5) is 26.4. The maximum Gasteiger partial charge on any atom is 0.412 e. The van der Waals surface area contributed by atoms with Gasteiger partial charge in [-0.25, -0.2) is 14.3 Å². The van der Waals surface area contributed by atoms with Crippen LogP contribution in [0.15, 0.2) is 42.6 Å². The number of rotatable bonds is 9. The molecular weight excluding hydrogens is 559 g/mol. The number of halogens is 2. The molecule has 2 heterocycles. The molecule has 39 heavy (non-hydrogen) atoms. The van der Waals surface area contributed by atoms with Gasteiger partial charge in [0.05, 0.1) is 17.8 Å². The monoisotopic (exact) mass is 592 g/mol. The van der Waals surface area contributed by atoms with Crippen LogP contribution in [0.25, 0.3) is 10.9 Å². The third kappa shape index (κ3) is 7.88. The lowest BCUT2D eigenvalue weighted by molar-refractivity contribution is 0.0178. The maximum absolute atomic E-state index is 13.1. The van der Waals surface area contributed by atoms with Gasteiger partial charge < -0.3 is 19.5 Å². The number of nitrogens with one attached hydrogen (secondary N) is 1. The topological polar surface area (TPSA) is 106 Å². The summed E-state index contributed by atoms with van der Waals surface area (Å²) in [6, 6.07) is 10.8. The van der Waals surface area contributed by atoms with E-state index in [1.54, 1.807) is 41.2 Å². The Morgan fingerprint density at radius 2 is 1.90 bits per heavy atom. The number of carbonyl (C=O) groups excluding carboxylic acids is 1. The average Bonchev–Trinajstić information content (AvgIpc) is 3.26. The van der Waals surface area contributed by atoms with Crippen LogP contribution in [0.1, 0.15) is 30.9 Å². The number of ether oxygens (including phenoxy) is 2. The molecule has 1 saturated heterocycles. The number of fused-ring (bicyclic) bond motifs is 1. The molecule has 1 aliphatic heterocycles. The third-order valence-corrected chi connectivity index (χ3v) is 8.83. The van der Waals surface area contributed by atoms with Crippen LogP contribution in [0.2, 0.25) is 35.7 Å². The van der Waals surface area contributed by atoms with Crippen molar-refractivity contribution in [3.05, 3.63) is 58.2 Å². The van der Waals surface area contributed by atoms with Gasteiger partial charge in [0.2, 0.25) is 0 Å². The Labute approximate surface area is 239 Å². The van der Waals surface area contributed by atoms with Crippen LogP contribution < -0.4 is 5.32 Å². The highest BCUT2D eigenvalue weighted by Gasteiger charge is 2.36. The number of piperidine rings is 1. The van der Waals surface area contributed by atoms with Crippen molar-refractivity contribution in [3.63, 3.8) is 0 Å². The molecule has 2 atom stereocenters. The molecule has 2 aromatic carbocycles. The lowest BCUT2D eigenvalue weighted by Gasteiger charge is -2.38. The predicted molar refractivity (Wildman–Crippen MR) is 156 cm³/mol. The zero-order valence-electron chi connectivity index (χ0n) is 22.3. The lowest BCUT2D eigenvalue weighted by atomic mass is 9.93. The summed E-state index contributed by atoms with van der Waals surface area (Å²) in [5, 5.41) is 18.6. The molecular formula is C27H34Cl2N4O5Si. The second kappa shape index (κ2) is 12.6. The molecule has 0 bridgehead atoms. The zero-order valence-corrected chi connectivity index (χ0v) is 24.8. The highest BCUT2D eigenvalue weighted by Crippen LogP contribution is 2.35. The van der Waals surface area contributed by atoms with Crippen LogP contribution in [0, 0.1) is 0 Å². The molecule has 4 rings (SSSR count). The number of likely N-dealkylation sites (tertiary alicyclic amines) is 1. The Balaban J connectivity index is 1.48. The van der Waals surface area contributed by atoms with E-state index in [4.69, 9.17) is 32.7 Å². The molecule has 3 aromatic rings. The van der Waals surface area contributed by atoms with Gasteiger partial charge in [-0.3, -0.25) is 5.32 Å². The minimum Gasteiger partial charge on any atom is -0.465 e. The van der Waals surface area contributed by atoms with Crippen molar-refractivity contribution in [1.82, 2.24) is 14.7 Å². The number of carbonyl (C=O) groups is 2. The van der Waals surface area contributed by atoms with E-state index in [9.17, 15) is 14.7 Å². The van der Waals surface area contributed by atoms with Gasteiger partial charge >= 0.3 is 12.2 Å². The van der Waals surface area contributed by atoms with E-state index >= 15 is 0 Å². The quantitative estimate of drug-likeness (QED) is 0.197. The van der Waals surface area contributed by atoms with Crippen molar-refractivity contribution in [2.75, 3.05) is 18.5 Å². The first-order chi connectivity index (χ1) is 18.5. The van der Waals surface area contributed by atoms with Crippen LogP contribution in [0.3, 0.4) is 0 Å². The lowest BCUT2D eigenvalue weighted by Crippen LogP contribution is -2.47. The van der Waals surface area contributed by atoms with Gasteiger partial charge in [0.1, 0.15) is 12.8 Å². The van der Waals surface area contributed by atoms with Gasteiger partial charge in [-0.2, -0.15) is 5.10 Å². The highest BCUT2D eigenvalue weighted by molar-refractivity contribution is 6.76. The van der Waals surface area contributed by atoms with Crippen molar-refractivity contribution in [2.24, 2.45) is 0 Å². The van der Waals surface area contributed by atoms with Crippen LogP contribution in [0.5, 0.6) is 0 Å². The fourth-order valence-corrected chi connectivity index (χ4v) is 5.98. The number of benzene rings is 2. The van der Waals surface area contributed by atoms with E-state index in [2.05, 4.69) is 30.1 Å². The average molecular weight is 594 g/mol. The van der Waals surface area contributed by atoms with Crippen LogP contribution in [-0.2, 0) is 16.2 Å². The summed E-state index contributed by atoms with van der Waals surface area (Å²) in [5.41, 5.74) is 1.94. The predicted octanol–water partition coefficient (Wildman–Crippen LogP) is 7.48. The van der Waals surface area contributed by atoms with Crippen molar-refractivity contribution in [2.45, 2.75) is 63.8 Å². The molecule has 0 saturated carbocycles. The Morgan fingerprint density at radius 1 is 1.15 bits per heavy atom. The molecule has 0 spiro atoms. The first-order valence-electron chi connectivity index (χ1n) is 13.0. The number of hydrogen-bond donors (Lipinski definition) is 2. The highest BCUT2D eigenvalue weighted by atomic mass is 35.5. The van der Waals surface area contributed by atoms with Crippen molar-refractivity contribution < 1.29 is 24.2 Å². The number of aromatic nitrogens is 2. The fourth-order valence-electron chi connectivity index (χ4n) is 4.68. The molecule has 1 aliphatic rings. The minimum absolute atomic E-state index is 0.355. The van der Waals surface area contributed by atoms with Crippen molar-refractivity contribution in [3.8, 4) is 0 Å². The van der Waals surface area contributed by atoms with E-state index in [0.29, 0.717) is 47.6 Å². The Kier molecular flexibility index (Phi) is 9.42. The molecule has 0 unspecified atom stereocenters. The summed E-state index contributed by atoms with van der Waals surface area (Å²) < 4.78 is 13.5. The molecule has 0 aliphatic carbocycles. The van der Waals surface area contributed by atoms with Crippen molar-refractivity contribution in [1.29, 1.82) is 0 Å². The molecule has 210 valence electrons. The molecule has 12 heteroatoms. The summed E-state index contributed by atoms with van der Waals surface area (Å²) in [7, 11) is -1.17. The Hall–Kier alpha value is -2.79. The largest absolute Gasteiger partial charge is 0.465 e. The van der Waals surface area contributed by atoms with Crippen LogP contribution >= 0.6 is 23.2 Å². The van der Waals surface area contributed by atoms with Gasteiger partial charge in [-0.15, -0.1) is 0 Å². The van der Waals surface area contributed by atoms with E-state index in [1.807, 2.05) is 6.07 Å². The number of carboxylic acid groups (broad SMARTS) is 1. The standard InChI is InChI=1S/C27H34Cl2N4O5Si/c1-39(2,3)11-10-37-17-33-23-8-7-22(14-19(23)16-30-33)31-26(34)38-25(18-12-20(28)15-21(29)13-18)24-6-4-5-9-32(24)27(35)36/h7-8,12-16,24-25H,4-6,9-11,17H2,1-3H3,(H,31,34)(H,35,36)/t24-,25-/m1/s1. The summed E-state index contributed by atoms with van der Waals surface area (Å²) in [6.07, 6.45) is 1.15. The molecule has 0 radical (unpaired) electrons. The van der Waals surface area contributed by atoms with Gasteiger partial charge in [0.15, 0.2) is 0 Å². The SMILES string of the molecule is C[Si](C)(C)CCOCn1ncc2cc(NC(=O)O[C@H](c3cc(Cl)cc(Cl)c3)[C@H]3CCCCN3C(=O)O)ccc21. The van der Waals surface area contributed by atoms with E-state index in [0.717, 1.165) is 29.8 Å². The normalized spacial score (nSPS) is 16.7. The molecule has 1 fully saturated rings. The second-order valence-corrected chi connectivity index (χ2v) is 17.5. The smallest absolute Gasteiger partial charge is 0.412 e. The van der Waals surface area contributed by atoms with Gasteiger partial charge in [-0.05, 0) is 67.3 Å². The van der Waals surface area contributed by atoms with E-state index < -0.39 is 32.4 Å². The summed E-state index contributed by atoms with van der Waals surface area (Å²) in [6.45, 7) is 8.34. The summed E-state index contributed by atoms with van der Waals surface area (Å²) in [5.74, 6) is 0. The fraction of sp³-hybridized carbons (Fsp3) is 0.444. The van der Waals surface area contributed by atoms with E-state index in [1.165, 1.54) is 4.90 Å². The van der Waals surface area contributed by atoms with Crippen LogP contribution in [-0.4, -0.2) is 59.2 Å². The first kappa shape index (κ1) is 29.2. The van der Waals surface area contributed by atoms with Crippen LogP contribution in [0.4, 0.5) is 15.3 Å². The number of hydrogen-bond acceptors (Lipinski definition) is 5.